The van der Waals surface area contributed by atoms with Crippen LogP contribution in [0.2, 0.25) is 0 Å². The van der Waals surface area contributed by atoms with Gasteiger partial charge in [0.2, 0.25) is 0 Å². The van der Waals surface area contributed by atoms with Gasteiger partial charge >= 0.3 is 6.18 Å². The minimum absolute atomic E-state index is 0.227. The van der Waals surface area contributed by atoms with E-state index < -0.39 is 22.9 Å². The molecular formula is C14H20F3NO2S. The van der Waals surface area contributed by atoms with E-state index in [1.807, 2.05) is 6.92 Å². The Bertz CT molecular complexity index is 467. The van der Waals surface area contributed by atoms with Crippen molar-refractivity contribution in [3.05, 3.63) is 16.1 Å². The standard InChI is InChI=1S/C14H20F3NO2S/c1-3-20-13(6-4-9(2)5-7-13)11(19)10-8-18-12(21-10)14(15,16)17/h8-9,11,19H,3-7H2,1-2H3. The molecule has 0 aliphatic heterocycles. The first-order valence-corrected chi connectivity index (χ1v) is 7.95. The zero-order chi connectivity index (χ0) is 15.7. The van der Waals surface area contributed by atoms with Crippen LogP contribution in [0.5, 0.6) is 0 Å². The van der Waals surface area contributed by atoms with Crippen LogP contribution in [0, 0.1) is 5.92 Å². The number of hydrogen-bond donors (Lipinski definition) is 1. The monoisotopic (exact) mass is 323 g/mol. The molecule has 1 atom stereocenters. The van der Waals surface area contributed by atoms with E-state index in [-0.39, 0.29) is 4.88 Å². The first-order valence-electron chi connectivity index (χ1n) is 7.13. The van der Waals surface area contributed by atoms with Gasteiger partial charge < -0.3 is 9.84 Å². The van der Waals surface area contributed by atoms with Crippen LogP contribution in [0.3, 0.4) is 0 Å². The number of aromatic nitrogens is 1. The molecule has 0 spiro atoms. The number of hydrogen-bond acceptors (Lipinski definition) is 4. The molecule has 1 aliphatic rings. The maximum Gasteiger partial charge on any atom is 0.443 e. The van der Waals surface area contributed by atoms with Crippen molar-refractivity contribution >= 4 is 11.3 Å². The fourth-order valence-electron chi connectivity index (χ4n) is 2.84. The van der Waals surface area contributed by atoms with Crippen molar-refractivity contribution in [2.24, 2.45) is 5.92 Å². The third-order valence-corrected chi connectivity index (χ3v) is 5.18. The second kappa shape index (κ2) is 6.22. The lowest BCUT2D eigenvalue weighted by atomic mass is 9.76. The molecule has 0 aromatic carbocycles. The van der Waals surface area contributed by atoms with Gasteiger partial charge in [0, 0.05) is 12.8 Å². The molecule has 21 heavy (non-hydrogen) atoms. The van der Waals surface area contributed by atoms with Crippen LogP contribution < -0.4 is 0 Å². The Hall–Kier alpha value is -0.660. The summed E-state index contributed by atoms with van der Waals surface area (Å²) in [5.41, 5.74) is -0.781. The Morgan fingerprint density at radius 2 is 2.10 bits per heavy atom. The summed E-state index contributed by atoms with van der Waals surface area (Å²) < 4.78 is 43.7. The highest BCUT2D eigenvalue weighted by Gasteiger charge is 2.44. The Labute approximate surface area is 126 Å². The zero-order valence-corrected chi connectivity index (χ0v) is 12.9. The summed E-state index contributed by atoms with van der Waals surface area (Å²) in [7, 11) is 0. The number of aliphatic hydroxyl groups is 1. The smallest absolute Gasteiger partial charge is 0.384 e. The number of halogens is 3. The van der Waals surface area contributed by atoms with Crippen molar-refractivity contribution < 1.29 is 23.0 Å². The van der Waals surface area contributed by atoms with E-state index in [0.29, 0.717) is 36.7 Å². The second-order valence-electron chi connectivity index (χ2n) is 5.65. The van der Waals surface area contributed by atoms with Crippen LogP contribution in [0.15, 0.2) is 6.20 Å². The Balaban J connectivity index is 2.22. The average molecular weight is 323 g/mol. The van der Waals surface area contributed by atoms with E-state index in [1.54, 1.807) is 0 Å². The summed E-state index contributed by atoms with van der Waals surface area (Å²) in [4.78, 5) is 3.61. The van der Waals surface area contributed by atoms with Crippen molar-refractivity contribution in [3.8, 4) is 0 Å². The number of aliphatic hydroxyl groups excluding tert-OH is 1. The summed E-state index contributed by atoms with van der Waals surface area (Å²) in [6.07, 6.45) is -1.28. The van der Waals surface area contributed by atoms with Gasteiger partial charge in [-0.1, -0.05) is 6.92 Å². The molecular weight excluding hydrogens is 303 g/mol. The molecule has 1 heterocycles. The van der Waals surface area contributed by atoms with Crippen LogP contribution in [0.1, 0.15) is 55.5 Å². The number of thiazole rings is 1. The van der Waals surface area contributed by atoms with Crippen LogP contribution in [0.4, 0.5) is 13.2 Å². The highest BCUT2D eigenvalue weighted by molar-refractivity contribution is 7.11. The Morgan fingerprint density at radius 3 is 2.57 bits per heavy atom. The molecule has 0 radical (unpaired) electrons. The lowest BCUT2D eigenvalue weighted by molar-refractivity contribution is -0.145. The number of ether oxygens (including phenoxy) is 1. The SMILES string of the molecule is CCOC1(C(O)c2cnc(C(F)(F)F)s2)CCC(C)CC1. The minimum atomic E-state index is -4.47. The molecule has 3 nitrogen and oxygen atoms in total. The lowest BCUT2D eigenvalue weighted by Gasteiger charge is -2.42. The largest absolute Gasteiger partial charge is 0.443 e. The fraction of sp³-hybridized carbons (Fsp3) is 0.786. The van der Waals surface area contributed by atoms with Crippen molar-refractivity contribution in [1.29, 1.82) is 0 Å². The first-order chi connectivity index (χ1) is 9.78. The van der Waals surface area contributed by atoms with E-state index in [2.05, 4.69) is 11.9 Å². The molecule has 7 heteroatoms. The van der Waals surface area contributed by atoms with Crippen LogP contribution in [-0.4, -0.2) is 22.3 Å². The third-order valence-electron chi connectivity index (χ3n) is 4.09. The summed E-state index contributed by atoms with van der Waals surface area (Å²) >= 11 is 0.501. The highest BCUT2D eigenvalue weighted by Crippen LogP contribution is 2.45. The molecule has 1 saturated carbocycles. The molecule has 1 fully saturated rings. The molecule has 2 rings (SSSR count). The maximum absolute atomic E-state index is 12.6. The van der Waals surface area contributed by atoms with E-state index in [0.717, 1.165) is 19.0 Å². The molecule has 1 aromatic heterocycles. The quantitative estimate of drug-likeness (QED) is 0.904. The van der Waals surface area contributed by atoms with Crippen molar-refractivity contribution in [2.75, 3.05) is 6.61 Å². The van der Waals surface area contributed by atoms with Crippen LogP contribution >= 0.6 is 11.3 Å². The number of nitrogens with zero attached hydrogens (tertiary/aromatic N) is 1. The summed E-state index contributed by atoms with van der Waals surface area (Å²) in [5.74, 6) is 0.554. The third kappa shape index (κ3) is 3.57. The fourth-order valence-corrected chi connectivity index (χ4v) is 3.71. The average Bonchev–Trinajstić information content (AvgIpc) is 2.90. The molecule has 120 valence electrons. The predicted octanol–water partition coefficient (Wildman–Crippen LogP) is 4.18. The highest BCUT2D eigenvalue weighted by atomic mass is 32.1. The van der Waals surface area contributed by atoms with Crippen molar-refractivity contribution in [1.82, 2.24) is 4.98 Å². The molecule has 1 N–H and O–H groups in total. The Morgan fingerprint density at radius 1 is 1.48 bits per heavy atom. The van der Waals surface area contributed by atoms with E-state index in [9.17, 15) is 18.3 Å². The van der Waals surface area contributed by atoms with Gasteiger partial charge in [-0.15, -0.1) is 11.3 Å². The molecule has 0 bridgehead atoms. The van der Waals surface area contributed by atoms with Gasteiger partial charge in [0.15, 0.2) is 5.01 Å². The summed E-state index contributed by atoms with van der Waals surface area (Å²) in [6.45, 7) is 4.40. The van der Waals surface area contributed by atoms with E-state index in [4.69, 9.17) is 4.74 Å². The topological polar surface area (TPSA) is 42.4 Å². The minimum Gasteiger partial charge on any atom is -0.384 e. The van der Waals surface area contributed by atoms with Gasteiger partial charge in [0.05, 0.1) is 10.5 Å². The van der Waals surface area contributed by atoms with Gasteiger partial charge in [0.1, 0.15) is 6.10 Å². The molecule has 0 saturated heterocycles. The number of rotatable bonds is 4. The van der Waals surface area contributed by atoms with E-state index in [1.165, 1.54) is 0 Å². The van der Waals surface area contributed by atoms with Gasteiger partial charge in [-0.3, -0.25) is 0 Å². The van der Waals surface area contributed by atoms with Crippen molar-refractivity contribution in [2.45, 2.75) is 57.4 Å². The molecule has 1 aliphatic carbocycles. The normalized spacial score (nSPS) is 28.6. The molecule has 0 amide bonds. The number of alkyl halides is 3. The summed E-state index contributed by atoms with van der Waals surface area (Å²) in [6, 6.07) is 0. The maximum atomic E-state index is 12.6. The zero-order valence-electron chi connectivity index (χ0n) is 12.1. The van der Waals surface area contributed by atoms with Gasteiger partial charge in [-0.25, -0.2) is 4.98 Å². The van der Waals surface area contributed by atoms with E-state index >= 15 is 0 Å². The van der Waals surface area contributed by atoms with Gasteiger partial charge in [-0.2, -0.15) is 13.2 Å². The predicted molar refractivity (Wildman–Crippen MR) is 74.1 cm³/mol. The van der Waals surface area contributed by atoms with Crippen LogP contribution in [0.25, 0.3) is 0 Å². The lowest BCUT2D eigenvalue weighted by Crippen LogP contribution is -2.42. The van der Waals surface area contributed by atoms with Gasteiger partial charge in [-0.05, 0) is 38.5 Å². The first kappa shape index (κ1) is 16.7. The van der Waals surface area contributed by atoms with Crippen molar-refractivity contribution in [3.63, 3.8) is 0 Å². The second-order valence-corrected chi connectivity index (χ2v) is 6.71. The molecule has 1 aromatic rings. The Kier molecular flexibility index (Phi) is 4.95. The molecule has 1 unspecified atom stereocenters. The summed E-state index contributed by atoms with van der Waals surface area (Å²) in [5, 5.41) is 9.65. The van der Waals surface area contributed by atoms with Crippen LogP contribution in [-0.2, 0) is 10.9 Å². The van der Waals surface area contributed by atoms with Gasteiger partial charge in [0.25, 0.3) is 0 Å².